The first kappa shape index (κ1) is 45.6. The van der Waals surface area contributed by atoms with Gasteiger partial charge in [-0.2, -0.15) is 0 Å². The molecule has 10 heteroatoms. The van der Waals surface area contributed by atoms with Crippen molar-refractivity contribution in [3.05, 3.63) is 160 Å². The summed E-state index contributed by atoms with van der Waals surface area (Å²) < 4.78 is 6.07. The number of unbranched alkanes of at least 4 members (excludes halogenated alkanes) is 1. The topological polar surface area (TPSA) is 184 Å². The van der Waals surface area contributed by atoms with Gasteiger partial charge in [0, 0.05) is 66.3 Å². The molecule has 1 heterocycles. The lowest BCUT2D eigenvalue weighted by Gasteiger charge is -2.26. The number of aryl methyl sites for hydroxylation is 1. The van der Waals surface area contributed by atoms with Gasteiger partial charge < -0.3 is 41.8 Å². The zero-order valence-corrected chi connectivity index (χ0v) is 35.8. The number of benzene rings is 4. The Bertz CT molecular complexity index is 2370. The zero-order valence-electron chi connectivity index (χ0n) is 35.8. The van der Waals surface area contributed by atoms with Gasteiger partial charge in [0.25, 0.3) is 0 Å². The number of phenols is 2. The number of hydrogen-bond acceptors (Lipinski definition) is 9. The van der Waals surface area contributed by atoms with Crippen molar-refractivity contribution in [1.29, 1.82) is 0 Å². The van der Waals surface area contributed by atoms with E-state index >= 15 is 0 Å². The number of aromatic hydroxyl groups is 2. The number of ketones is 2. The molecule has 0 fully saturated rings. The van der Waals surface area contributed by atoms with E-state index in [0.29, 0.717) is 66.1 Å². The van der Waals surface area contributed by atoms with Gasteiger partial charge >= 0.3 is 0 Å². The molecule has 4 atom stereocenters. The maximum Gasteiger partial charge on any atom is 0.165 e. The molecule has 0 unspecified atom stereocenters. The lowest BCUT2D eigenvalue weighted by molar-refractivity contribution is -0.114. The molecular weight excluding hydrogens is 777 g/mol. The van der Waals surface area contributed by atoms with Crippen LogP contribution in [0.2, 0.25) is 0 Å². The summed E-state index contributed by atoms with van der Waals surface area (Å²) in [7, 11) is 0. The second kappa shape index (κ2) is 22.2. The van der Waals surface area contributed by atoms with Gasteiger partial charge in [-0.1, -0.05) is 85.5 Å². The second-order valence-electron chi connectivity index (χ2n) is 16.5. The Morgan fingerprint density at radius 1 is 0.935 bits per heavy atom. The van der Waals surface area contributed by atoms with Crippen molar-refractivity contribution in [1.82, 2.24) is 10.3 Å². The summed E-state index contributed by atoms with van der Waals surface area (Å²) in [6.45, 7) is 4.82. The summed E-state index contributed by atoms with van der Waals surface area (Å²) in [6, 6.07) is 28.5. The molecule has 4 aromatic carbocycles. The Morgan fingerprint density at radius 2 is 1.71 bits per heavy atom. The molecule has 0 spiro atoms. The van der Waals surface area contributed by atoms with E-state index in [1.54, 1.807) is 49.5 Å². The first-order valence-corrected chi connectivity index (χ1v) is 21.7. The standard InChI is InChI=1S/C52H60N4O6/c1-34(47(56-33-35(2)57)29-36-11-6-4-7-12-36)10-5-3-8-14-41(58)20-16-37-18-23-49(60)51(30-37)62-27-25-38-17-22-48(59)45(28-38)44-32-50(61)43-24-26-55-46(43)15-9-13-39-31-40(52(53)54)19-21-42(39)44/h4,6-8,11-12,14,17-19,21-24,26,28,30-31,34-35,44,47,52,55-57,59-60H,3,5,10,15-16,20,25,27,29,32-33,53-54H2,1-2H3/b14-8+/t34-,35+,44+,47-/m1/s1. The number of H-pyrrole nitrogens is 1. The number of hydrogen-bond donors (Lipinski definition) is 7. The van der Waals surface area contributed by atoms with Gasteiger partial charge in [-0.15, -0.1) is 0 Å². The molecular formula is C52H60N4O6. The molecule has 324 valence electrons. The monoisotopic (exact) mass is 836 g/mol. The highest BCUT2D eigenvalue weighted by Gasteiger charge is 2.27. The number of carbonyl (C=O) groups is 2. The number of nitrogens with one attached hydrogen (secondary N) is 2. The third-order valence-electron chi connectivity index (χ3n) is 11.6. The van der Waals surface area contributed by atoms with Crippen molar-refractivity contribution in [2.45, 2.75) is 95.9 Å². The number of nitrogens with two attached hydrogens (primary N) is 2. The van der Waals surface area contributed by atoms with Gasteiger partial charge in [0.2, 0.25) is 0 Å². The molecule has 0 aliphatic heterocycles. The molecule has 0 amide bonds. The third kappa shape index (κ3) is 12.8. The number of rotatable bonds is 20. The first-order valence-electron chi connectivity index (χ1n) is 21.7. The van der Waals surface area contributed by atoms with E-state index in [0.717, 1.165) is 48.1 Å². The van der Waals surface area contributed by atoms with Crippen LogP contribution in [0.5, 0.6) is 17.2 Å². The van der Waals surface area contributed by atoms with E-state index in [9.17, 15) is 24.9 Å². The average molecular weight is 837 g/mol. The summed E-state index contributed by atoms with van der Waals surface area (Å²) >= 11 is 0. The van der Waals surface area contributed by atoms with Gasteiger partial charge in [-0.25, -0.2) is 0 Å². The van der Waals surface area contributed by atoms with Crippen LogP contribution in [0.4, 0.5) is 0 Å². The van der Waals surface area contributed by atoms with Crippen LogP contribution in [0.3, 0.4) is 0 Å². The number of ether oxygens (including phenoxy) is 1. The predicted molar refractivity (Wildman–Crippen MR) is 244 cm³/mol. The number of fused-ring (bicyclic) bond motifs is 2. The molecule has 1 aromatic heterocycles. The number of carbonyl (C=O) groups excluding carboxylic acids is 2. The van der Waals surface area contributed by atoms with Gasteiger partial charge in [-0.05, 0) is 109 Å². The van der Waals surface area contributed by atoms with Crippen LogP contribution in [0.25, 0.3) is 0 Å². The molecule has 10 nitrogen and oxygen atoms in total. The molecule has 9 N–H and O–H groups in total. The van der Waals surface area contributed by atoms with Crippen LogP contribution in [0, 0.1) is 17.8 Å². The summed E-state index contributed by atoms with van der Waals surface area (Å²) in [4.78, 5) is 29.7. The van der Waals surface area contributed by atoms with Crippen molar-refractivity contribution in [2.24, 2.45) is 17.4 Å². The SMILES string of the molecule is C[C@H](O)CN[C@H](Cc1ccccc1)[C@H](C)CCC/C=C/C(=O)CCc1ccc(O)c(OCCc2ccc(O)c([C@H]3CC(=O)c4cc[nH]c4CC#Cc4cc(C(N)N)ccc43)c2)c1. The maximum atomic E-state index is 13.7. The zero-order chi connectivity index (χ0) is 44.0. The lowest BCUT2D eigenvalue weighted by atomic mass is 9.81. The van der Waals surface area contributed by atoms with Gasteiger partial charge in [0.05, 0.1) is 25.3 Å². The third-order valence-corrected chi connectivity index (χ3v) is 11.6. The molecule has 0 bridgehead atoms. The van der Waals surface area contributed by atoms with Crippen molar-refractivity contribution < 1.29 is 29.6 Å². The number of Topliss-reactive ketones (excluding diaryl/α,β-unsaturated/α-hetero) is 1. The summed E-state index contributed by atoms with van der Waals surface area (Å²) in [6.07, 6.45) is 9.73. The van der Waals surface area contributed by atoms with Crippen molar-refractivity contribution in [3.8, 4) is 29.1 Å². The van der Waals surface area contributed by atoms with E-state index in [2.05, 4.69) is 53.3 Å². The minimum Gasteiger partial charge on any atom is -0.508 e. The Hall–Kier alpha value is -5.96. The van der Waals surface area contributed by atoms with Crippen LogP contribution >= 0.6 is 0 Å². The summed E-state index contributed by atoms with van der Waals surface area (Å²) in [5, 5.41) is 35.3. The molecule has 5 aromatic rings. The maximum absolute atomic E-state index is 13.7. The quantitative estimate of drug-likeness (QED) is 0.0179. The largest absolute Gasteiger partial charge is 0.508 e. The van der Waals surface area contributed by atoms with E-state index in [-0.39, 0.29) is 42.1 Å². The van der Waals surface area contributed by atoms with Gasteiger partial charge in [0.15, 0.2) is 23.1 Å². The molecule has 62 heavy (non-hydrogen) atoms. The molecule has 1 aliphatic carbocycles. The van der Waals surface area contributed by atoms with Crippen LogP contribution in [-0.2, 0) is 30.5 Å². The lowest BCUT2D eigenvalue weighted by Crippen LogP contribution is -2.40. The normalized spacial score (nSPS) is 15.3. The van der Waals surface area contributed by atoms with E-state index in [1.807, 2.05) is 42.5 Å². The summed E-state index contributed by atoms with van der Waals surface area (Å²) in [5.41, 5.74) is 19.2. The highest BCUT2D eigenvalue weighted by Crippen LogP contribution is 2.38. The predicted octanol–water partition coefficient (Wildman–Crippen LogP) is 7.72. The minimum atomic E-state index is -0.694. The number of aromatic nitrogens is 1. The van der Waals surface area contributed by atoms with Crippen molar-refractivity contribution >= 4 is 11.6 Å². The number of allylic oxidation sites excluding steroid dienone is 2. The molecule has 0 radical (unpaired) electrons. The number of phenolic OH excluding ortho intramolecular Hbond substituents is 2. The van der Waals surface area contributed by atoms with Crippen molar-refractivity contribution in [2.75, 3.05) is 13.2 Å². The minimum absolute atomic E-state index is 0.00565. The van der Waals surface area contributed by atoms with Crippen LogP contribution in [0.1, 0.15) is 113 Å². The number of aliphatic hydroxyl groups excluding tert-OH is 1. The van der Waals surface area contributed by atoms with Crippen LogP contribution < -0.4 is 21.5 Å². The molecule has 0 saturated carbocycles. The Balaban J connectivity index is 1.03. The second-order valence-corrected chi connectivity index (χ2v) is 16.5. The van der Waals surface area contributed by atoms with Crippen molar-refractivity contribution in [3.63, 3.8) is 0 Å². The van der Waals surface area contributed by atoms with Crippen LogP contribution in [-0.4, -0.2) is 57.2 Å². The van der Waals surface area contributed by atoms with Crippen LogP contribution in [0.15, 0.2) is 109 Å². The van der Waals surface area contributed by atoms with E-state index in [4.69, 9.17) is 16.2 Å². The highest BCUT2D eigenvalue weighted by molar-refractivity contribution is 5.98. The Labute approximate surface area is 365 Å². The number of aromatic amines is 1. The van der Waals surface area contributed by atoms with E-state index < -0.39 is 18.2 Å². The Morgan fingerprint density at radius 3 is 2.48 bits per heavy atom. The molecule has 6 rings (SSSR count). The van der Waals surface area contributed by atoms with Gasteiger partial charge in [-0.3, -0.25) is 9.59 Å². The smallest absolute Gasteiger partial charge is 0.165 e. The fraction of sp³-hybridized carbons (Fsp3) is 0.346. The fourth-order valence-electron chi connectivity index (χ4n) is 8.05. The van der Waals surface area contributed by atoms with E-state index in [1.165, 1.54) is 5.56 Å². The number of aliphatic hydroxyl groups is 1. The summed E-state index contributed by atoms with van der Waals surface area (Å²) in [5.74, 6) is 6.73. The molecule has 0 saturated heterocycles. The first-order chi connectivity index (χ1) is 29.9. The van der Waals surface area contributed by atoms with Gasteiger partial charge in [0.1, 0.15) is 5.75 Å². The highest BCUT2D eigenvalue weighted by atomic mass is 16.5. The average Bonchev–Trinajstić information content (AvgIpc) is 3.74. The molecule has 1 aliphatic rings. The Kier molecular flexibility index (Phi) is 16.3. The fourth-order valence-corrected chi connectivity index (χ4v) is 8.05.